The number of aromatic nitrogens is 2. The van der Waals surface area contributed by atoms with Crippen LogP contribution >= 0.6 is 11.3 Å². The van der Waals surface area contributed by atoms with Gasteiger partial charge in [0.2, 0.25) is 0 Å². The zero-order chi connectivity index (χ0) is 33.7. The summed E-state index contributed by atoms with van der Waals surface area (Å²) >= 11 is 1.88. The summed E-state index contributed by atoms with van der Waals surface area (Å²) in [5.74, 6) is 0. The molecule has 3 heterocycles. The van der Waals surface area contributed by atoms with Gasteiger partial charge < -0.3 is 9.97 Å². The topological polar surface area (TPSA) is 25.8 Å². The normalized spacial score (nSPS) is 10.7. The fraction of sp³-hybridized carbons (Fsp3) is 0.0213. The van der Waals surface area contributed by atoms with Crippen molar-refractivity contribution in [3.05, 3.63) is 194 Å². The molecule has 0 aliphatic heterocycles. The zero-order valence-corrected chi connectivity index (χ0v) is 31.1. The molecule has 51 heavy (non-hydrogen) atoms. The minimum Gasteiger partial charge on any atom is -0.305 e. The molecular formula is C47H32IrN2S-2. The first-order chi connectivity index (χ1) is 24.7. The van der Waals surface area contributed by atoms with Crippen LogP contribution in [0.3, 0.4) is 0 Å². The summed E-state index contributed by atoms with van der Waals surface area (Å²) in [5, 5.41) is 2.66. The van der Waals surface area contributed by atoms with Gasteiger partial charge in [0.25, 0.3) is 0 Å². The van der Waals surface area contributed by atoms with Crippen molar-refractivity contribution < 1.29 is 20.1 Å². The van der Waals surface area contributed by atoms with E-state index in [1.165, 1.54) is 48.0 Å². The van der Waals surface area contributed by atoms with Gasteiger partial charge in [-0.3, -0.25) is 0 Å². The van der Waals surface area contributed by atoms with E-state index >= 15 is 0 Å². The molecule has 0 atom stereocenters. The summed E-state index contributed by atoms with van der Waals surface area (Å²) in [5.41, 5.74) is 12.3. The molecule has 2 nitrogen and oxygen atoms in total. The van der Waals surface area contributed by atoms with Gasteiger partial charge in [0.15, 0.2) is 0 Å². The predicted octanol–water partition coefficient (Wildman–Crippen LogP) is 12.8. The van der Waals surface area contributed by atoms with E-state index in [1.807, 2.05) is 85.0 Å². The zero-order valence-electron chi connectivity index (χ0n) is 27.9. The molecule has 0 saturated carbocycles. The molecule has 247 valence electrons. The number of thiophene rings is 1. The second-order valence-corrected chi connectivity index (χ2v) is 13.1. The molecule has 9 rings (SSSR count). The number of rotatable bonds is 5. The van der Waals surface area contributed by atoms with Crippen molar-refractivity contribution in [2.45, 2.75) is 6.92 Å². The van der Waals surface area contributed by atoms with E-state index in [4.69, 9.17) is 0 Å². The van der Waals surface area contributed by atoms with E-state index < -0.39 is 0 Å². The van der Waals surface area contributed by atoms with E-state index in [0.29, 0.717) is 0 Å². The molecule has 3 aromatic heterocycles. The Morgan fingerprint density at radius 1 is 0.490 bits per heavy atom. The number of hydrogen-bond acceptors (Lipinski definition) is 3. The molecule has 6 aromatic carbocycles. The Balaban J connectivity index is 0.000000265. The van der Waals surface area contributed by atoms with Crippen LogP contribution < -0.4 is 0 Å². The summed E-state index contributed by atoms with van der Waals surface area (Å²) in [6, 6.07) is 65.6. The molecule has 1 radical (unpaired) electrons. The van der Waals surface area contributed by atoms with Gasteiger partial charge in [-0.1, -0.05) is 97.1 Å². The van der Waals surface area contributed by atoms with Crippen molar-refractivity contribution in [3.63, 3.8) is 0 Å². The van der Waals surface area contributed by atoms with Crippen molar-refractivity contribution in [3.8, 4) is 55.9 Å². The maximum Gasteiger partial charge on any atom is 0.0433 e. The van der Waals surface area contributed by atoms with Gasteiger partial charge in [0.05, 0.1) is 0 Å². The van der Waals surface area contributed by atoms with Gasteiger partial charge in [-0.25, -0.2) is 0 Å². The van der Waals surface area contributed by atoms with Crippen LogP contribution in [-0.4, -0.2) is 9.97 Å². The van der Waals surface area contributed by atoms with Crippen molar-refractivity contribution in [2.75, 3.05) is 0 Å². The molecule has 0 aliphatic rings. The quantitative estimate of drug-likeness (QED) is 0.161. The van der Waals surface area contributed by atoms with Crippen LogP contribution in [0, 0.1) is 19.1 Å². The summed E-state index contributed by atoms with van der Waals surface area (Å²) in [6.45, 7) is 2.02. The maximum absolute atomic E-state index is 4.69. The Kier molecular flexibility index (Phi) is 10.4. The molecule has 0 amide bonds. The number of benzene rings is 6. The third kappa shape index (κ3) is 7.50. The number of aryl methyl sites for hydroxylation is 1. The summed E-state index contributed by atoms with van der Waals surface area (Å²) < 4.78 is 2.68. The summed E-state index contributed by atoms with van der Waals surface area (Å²) in [7, 11) is 0. The van der Waals surface area contributed by atoms with Gasteiger partial charge in [-0.05, 0) is 76.5 Å². The van der Waals surface area contributed by atoms with Gasteiger partial charge in [-0.15, -0.1) is 82.6 Å². The predicted molar refractivity (Wildman–Crippen MR) is 211 cm³/mol. The molecule has 0 unspecified atom stereocenters. The van der Waals surface area contributed by atoms with Gasteiger partial charge in [-0.2, -0.15) is 0 Å². The van der Waals surface area contributed by atoms with Crippen molar-refractivity contribution in [1.29, 1.82) is 0 Å². The van der Waals surface area contributed by atoms with E-state index in [2.05, 4.69) is 125 Å². The van der Waals surface area contributed by atoms with E-state index in [1.54, 1.807) is 6.20 Å². The van der Waals surface area contributed by atoms with Crippen molar-refractivity contribution in [1.82, 2.24) is 9.97 Å². The second-order valence-electron chi connectivity index (χ2n) is 12.1. The van der Waals surface area contributed by atoms with Crippen LogP contribution in [0.2, 0.25) is 0 Å². The average Bonchev–Trinajstić information content (AvgIpc) is 3.58. The first kappa shape index (κ1) is 34.0. The minimum absolute atomic E-state index is 0. The third-order valence-corrected chi connectivity index (χ3v) is 9.94. The second kappa shape index (κ2) is 15.6. The van der Waals surface area contributed by atoms with Crippen LogP contribution in [0.5, 0.6) is 0 Å². The Hall–Kier alpha value is -5.51. The Morgan fingerprint density at radius 2 is 1.14 bits per heavy atom. The summed E-state index contributed by atoms with van der Waals surface area (Å²) in [6.07, 6.45) is 1.79. The largest absolute Gasteiger partial charge is 0.305 e. The first-order valence-corrected chi connectivity index (χ1v) is 17.5. The van der Waals surface area contributed by atoms with Gasteiger partial charge in [0, 0.05) is 52.2 Å². The molecule has 4 heteroatoms. The van der Waals surface area contributed by atoms with Crippen LogP contribution in [0.1, 0.15) is 5.69 Å². The van der Waals surface area contributed by atoms with E-state index in [-0.39, 0.29) is 20.1 Å². The molecule has 0 saturated heterocycles. The number of nitrogens with zero attached hydrogens (tertiary/aromatic N) is 2. The molecule has 9 aromatic rings. The molecular weight excluding hydrogens is 817 g/mol. The fourth-order valence-electron chi connectivity index (χ4n) is 6.28. The molecule has 0 fully saturated rings. The Bertz CT molecular complexity index is 2520. The smallest absolute Gasteiger partial charge is 0.0433 e. The van der Waals surface area contributed by atoms with E-state index in [0.717, 1.165) is 33.8 Å². The van der Waals surface area contributed by atoms with Gasteiger partial charge >= 0.3 is 0 Å². The van der Waals surface area contributed by atoms with Crippen molar-refractivity contribution >= 4 is 31.5 Å². The number of hydrogen-bond donors (Lipinski definition) is 0. The molecule has 0 N–H and O–H groups in total. The van der Waals surface area contributed by atoms with Gasteiger partial charge in [0.1, 0.15) is 0 Å². The monoisotopic (exact) mass is 849 g/mol. The molecule has 0 bridgehead atoms. The fourth-order valence-corrected chi connectivity index (χ4v) is 7.52. The third-order valence-electron chi connectivity index (χ3n) is 8.72. The Morgan fingerprint density at radius 3 is 1.90 bits per heavy atom. The number of pyridine rings is 2. The first-order valence-electron chi connectivity index (χ1n) is 16.6. The van der Waals surface area contributed by atoms with Crippen LogP contribution in [0.4, 0.5) is 0 Å². The van der Waals surface area contributed by atoms with Crippen molar-refractivity contribution in [2.24, 2.45) is 0 Å². The van der Waals surface area contributed by atoms with E-state index in [9.17, 15) is 0 Å². The molecule has 0 aliphatic carbocycles. The number of fused-ring (bicyclic) bond motifs is 3. The summed E-state index contributed by atoms with van der Waals surface area (Å²) in [4.78, 5) is 8.90. The average molecular weight is 849 g/mol. The molecule has 0 spiro atoms. The SMILES string of the molecule is Cc1cccc(-c2[c-]ccc(-c3cccc(-c4cccc(-c5cccc6c5sc5ccccc56)c4)c3)c2)n1.[Ir].[c-]1ccccc1-c1ccccn1. The van der Waals surface area contributed by atoms with Crippen LogP contribution in [0.15, 0.2) is 176 Å². The Labute approximate surface area is 316 Å². The van der Waals surface area contributed by atoms with Crippen LogP contribution in [-0.2, 0) is 20.1 Å². The maximum atomic E-state index is 4.69. The van der Waals surface area contributed by atoms with Crippen LogP contribution in [0.25, 0.3) is 76.1 Å². The minimum atomic E-state index is 0. The standard InChI is InChI=1S/C36H24NS.C11H8N.Ir/c1-24-9-4-19-34(37-24)30-15-7-13-28(23-30)26-11-5-10-25(21-26)27-12-6-14-29(22-27)31-17-8-18-33-32-16-2-3-20-35(32)38-36(31)33;1-2-6-10(7-3-1)11-8-4-5-9-12-11;/h2-14,16-23H,1H3;1-6,8-9H;/q2*-1;.